The summed E-state index contributed by atoms with van der Waals surface area (Å²) in [5.41, 5.74) is 1.27. The molecule has 1 amide bonds. The van der Waals surface area contributed by atoms with Crippen molar-refractivity contribution in [1.29, 1.82) is 0 Å². The van der Waals surface area contributed by atoms with Crippen molar-refractivity contribution in [1.82, 2.24) is 5.32 Å². The number of benzene rings is 1. The van der Waals surface area contributed by atoms with E-state index in [1.54, 1.807) is 0 Å². The van der Waals surface area contributed by atoms with Crippen molar-refractivity contribution in [2.45, 2.75) is 19.3 Å². The van der Waals surface area contributed by atoms with Crippen LogP contribution < -0.4 is 5.32 Å². The van der Waals surface area contributed by atoms with Gasteiger partial charge >= 0.3 is 0 Å². The molecule has 1 N–H and O–H groups in total. The first-order valence-corrected chi connectivity index (χ1v) is 5.58. The van der Waals surface area contributed by atoms with Crippen LogP contribution in [0.3, 0.4) is 0 Å². The molecular weight excluding hydrogens is 202 g/mol. The number of ether oxygens (including phenoxy) is 1. The van der Waals surface area contributed by atoms with Crippen LogP contribution in [0.15, 0.2) is 30.3 Å². The van der Waals surface area contributed by atoms with Gasteiger partial charge < -0.3 is 10.1 Å². The SMILES string of the molecule is CCC(CNC(=O)COC)c1ccccc1. The van der Waals surface area contributed by atoms with E-state index in [9.17, 15) is 4.79 Å². The molecule has 0 radical (unpaired) electrons. The number of amides is 1. The molecule has 0 aliphatic carbocycles. The second-order valence-corrected chi connectivity index (χ2v) is 3.75. The van der Waals surface area contributed by atoms with E-state index in [1.165, 1.54) is 12.7 Å². The number of methoxy groups -OCH3 is 1. The summed E-state index contributed by atoms with van der Waals surface area (Å²) in [5, 5.41) is 2.87. The molecule has 0 fully saturated rings. The quantitative estimate of drug-likeness (QED) is 0.797. The standard InChI is InChI=1S/C13H19NO2/c1-3-11(9-14-13(15)10-16-2)12-7-5-4-6-8-12/h4-8,11H,3,9-10H2,1-2H3,(H,14,15). The summed E-state index contributed by atoms with van der Waals surface area (Å²) in [6, 6.07) is 10.2. The lowest BCUT2D eigenvalue weighted by Gasteiger charge is -2.15. The van der Waals surface area contributed by atoms with Crippen molar-refractivity contribution >= 4 is 5.91 Å². The van der Waals surface area contributed by atoms with Gasteiger partial charge in [0.05, 0.1) is 0 Å². The highest BCUT2D eigenvalue weighted by Gasteiger charge is 2.10. The molecule has 1 atom stereocenters. The molecule has 0 aromatic heterocycles. The summed E-state index contributed by atoms with van der Waals surface area (Å²) in [6.07, 6.45) is 1.01. The maximum absolute atomic E-state index is 11.3. The number of hydrogen-bond acceptors (Lipinski definition) is 2. The van der Waals surface area contributed by atoms with E-state index in [0.29, 0.717) is 12.5 Å². The van der Waals surface area contributed by atoms with Gasteiger partial charge in [0, 0.05) is 19.6 Å². The molecule has 3 nitrogen and oxygen atoms in total. The molecule has 1 aromatic carbocycles. The Bertz CT molecular complexity index is 311. The Morgan fingerprint density at radius 2 is 2.06 bits per heavy atom. The van der Waals surface area contributed by atoms with Gasteiger partial charge in [-0.3, -0.25) is 4.79 Å². The predicted octanol–water partition coefficient (Wildman–Crippen LogP) is 1.94. The highest BCUT2D eigenvalue weighted by Crippen LogP contribution is 2.17. The molecular formula is C13H19NO2. The molecule has 0 aliphatic rings. The molecule has 3 heteroatoms. The van der Waals surface area contributed by atoms with Gasteiger partial charge in [0.25, 0.3) is 0 Å². The maximum Gasteiger partial charge on any atom is 0.246 e. The van der Waals surface area contributed by atoms with Crippen molar-refractivity contribution in [3.63, 3.8) is 0 Å². The van der Waals surface area contributed by atoms with Crippen LogP contribution >= 0.6 is 0 Å². The predicted molar refractivity (Wildman–Crippen MR) is 64.4 cm³/mol. The van der Waals surface area contributed by atoms with Crippen LogP contribution in [0.2, 0.25) is 0 Å². The lowest BCUT2D eigenvalue weighted by molar-refractivity contribution is -0.124. The van der Waals surface area contributed by atoms with Crippen molar-refractivity contribution in [2.24, 2.45) is 0 Å². The van der Waals surface area contributed by atoms with Crippen molar-refractivity contribution in [2.75, 3.05) is 20.3 Å². The Morgan fingerprint density at radius 3 is 2.62 bits per heavy atom. The minimum Gasteiger partial charge on any atom is -0.375 e. The minimum absolute atomic E-state index is 0.0584. The number of hydrogen-bond donors (Lipinski definition) is 1. The molecule has 0 aliphatic heterocycles. The molecule has 0 spiro atoms. The number of rotatable bonds is 6. The van der Waals surface area contributed by atoms with Gasteiger partial charge in [0.2, 0.25) is 5.91 Å². The molecule has 1 aromatic rings. The second kappa shape index (κ2) is 7.01. The third kappa shape index (κ3) is 4.03. The number of nitrogens with one attached hydrogen (secondary N) is 1. The zero-order valence-corrected chi connectivity index (χ0v) is 9.90. The van der Waals surface area contributed by atoms with Gasteiger partial charge in [-0.2, -0.15) is 0 Å². The smallest absolute Gasteiger partial charge is 0.246 e. The Labute approximate surface area is 96.8 Å². The molecule has 88 valence electrons. The normalized spacial score (nSPS) is 12.1. The molecule has 16 heavy (non-hydrogen) atoms. The molecule has 0 saturated carbocycles. The molecule has 1 unspecified atom stereocenters. The van der Waals surface area contributed by atoms with E-state index in [0.717, 1.165) is 6.42 Å². The molecule has 1 rings (SSSR count). The Hall–Kier alpha value is -1.35. The third-order valence-corrected chi connectivity index (χ3v) is 2.58. The summed E-state index contributed by atoms with van der Waals surface area (Å²) in [4.78, 5) is 11.3. The van der Waals surface area contributed by atoms with E-state index in [4.69, 9.17) is 4.74 Å². The van der Waals surface area contributed by atoms with Crippen LogP contribution in [0.4, 0.5) is 0 Å². The summed E-state index contributed by atoms with van der Waals surface area (Å²) < 4.78 is 4.76. The van der Waals surface area contributed by atoms with Gasteiger partial charge in [-0.1, -0.05) is 37.3 Å². The van der Waals surface area contributed by atoms with Gasteiger partial charge in [0.1, 0.15) is 6.61 Å². The van der Waals surface area contributed by atoms with Crippen LogP contribution in [0.5, 0.6) is 0 Å². The van der Waals surface area contributed by atoms with Gasteiger partial charge in [-0.25, -0.2) is 0 Å². The third-order valence-electron chi connectivity index (χ3n) is 2.58. The van der Waals surface area contributed by atoms with E-state index in [-0.39, 0.29) is 12.5 Å². The molecule has 0 saturated heterocycles. The monoisotopic (exact) mass is 221 g/mol. The first kappa shape index (κ1) is 12.7. The summed E-state index contributed by atoms with van der Waals surface area (Å²) >= 11 is 0. The van der Waals surface area contributed by atoms with Crippen LogP contribution in [-0.4, -0.2) is 26.2 Å². The molecule has 0 heterocycles. The fourth-order valence-electron chi connectivity index (χ4n) is 1.64. The van der Waals surface area contributed by atoms with Crippen molar-refractivity contribution in [3.05, 3.63) is 35.9 Å². The van der Waals surface area contributed by atoms with Crippen molar-refractivity contribution in [3.8, 4) is 0 Å². The van der Waals surface area contributed by atoms with Crippen LogP contribution in [0.25, 0.3) is 0 Å². The van der Waals surface area contributed by atoms with E-state index in [1.807, 2.05) is 18.2 Å². The minimum atomic E-state index is -0.0584. The highest BCUT2D eigenvalue weighted by molar-refractivity contribution is 5.77. The van der Waals surface area contributed by atoms with E-state index in [2.05, 4.69) is 24.4 Å². The fourth-order valence-corrected chi connectivity index (χ4v) is 1.64. The van der Waals surface area contributed by atoms with Crippen molar-refractivity contribution < 1.29 is 9.53 Å². The van der Waals surface area contributed by atoms with E-state index >= 15 is 0 Å². The largest absolute Gasteiger partial charge is 0.375 e. The topological polar surface area (TPSA) is 38.3 Å². The second-order valence-electron chi connectivity index (χ2n) is 3.75. The van der Waals surface area contributed by atoms with Gasteiger partial charge in [0.15, 0.2) is 0 Å². The number of carbonyl (C=O) groups excluding carboxylic acids is 1. The Kier molecular flexibility index (Phi) is 5.57. The van der Waals surface area contributed by atoms with Crippen LogP contribution in [0, 0.1) is 0 Å². The van der Waals surface area contributed by atoms with E-state index < -0.39 is 0 Å². The zero-order chi connectivity index (χ0) is 11.8. The summed E-state index contributed by atoms with van der Waals surface area (Å²) in [5.74, 6) is 0.318. The average Bonchev–Trinajstić information content (AvgIpc) is 2.31. The number of carbonyl (C=O) groups is 1. The lowest BCUT2D eigenvalue weighted by Crippen LogP contribution is -2.31. The summed E-state index contributed by atoms with van der Waals surface area (Å²) in [6.45, 7) is 2.92. The Balaban J connectivity index is 2.47. The van der Waals surface area contributed by atoms with Gasteiger partial charge in [-0.05, 0) is 12.0 Å². The summed E-state index contributed by atoms with van der Waals surface area (Å²) in [7, 11) is 1.52. The first-order valence-electron chi connectivity index (χ1n) is 5.58. The van der Waals surface area contributed by atoms with Crippen LogP contribution in [-0.2, 0) is 9.53 Å². The first-order chi connectivity index (χ1) is 7.77. The zero-order valence-electron chi connectivity index (χ0n) is 9.90. The lowest BCUT2D eigenvalue weighted by atomic mass is 9.96. The van der Waals surface area contributed by atoms with Crippen LogP contribution in [0.1, 0.15) is 24.8 Å². The average molecular weight is 221 g/mol. The highest BCUT2D eigenvalue weighted by atomic mass is 16.5. The van der Waals surface area contributed by atoms with Gasteiger partial charge in [-0.15, -0.1) is 0 Å². The maximum atomic E-state index is 11.3. The molecule has 0 bridgehead atoms. The fraction of sp³-hybridized carbons (Fsp3) is 0.462. The Morgan fingerprint density at radius 1 is 1.38 bits per heavy atom.